The van der Waals surface area contributed by atoms with Crippen molar-refractivity contribution in [3.63, 3.8) is 0 Å². The lowest BCUT2D eigenvalue weighted by Crippen LogP contribution is -2.29. The molecule has 0 aliphatic heterocycles. The summed E-state index contributed by atoms with van der Waals surface area (Å²) in [6.45, 7) is 4.31. The van der Waals surface area contributed by atoms with Gasteiger partial charge in [0, 0.05) is 5.92 Å². The Morgan fingerprint density at radius 1 is 1.33 bits per heavy atom. The first kappa shape index (κ1) is 9.72. The predicted octanol–water partition coefficient (Wildman–Crippen LogP) is 1.62. The van der Waals surface area contributed by atoms with Crippen LogP contribution in [0.5, 0.6) is 0 Å². The average Bonchev–Trinajstić information content (AvgIpc) is 2.03. The van der Waals surface area contributed by atoms with Crippen molar-refractivity contribution in [1.29, 1.82) is 0 Å². The minimum absolute atomic E-state index is 0.0983. The van der Waals surface area contributed by atoms with Crippen molar-refractivity contribution in [2.24, 2.45) is 17.8 Å². The molecule has 1 aliphatic carbocycles. The van der Waals surface area contributed by atoms with E-state index in [-0.39, 0.29) is 12.0 Å². The van der Waals surface area contributed by atoms with E-state index >= 15 is 0 Å². The molecule has 0 heterocycles. The summed E-state index contributed by atoms with van der Waals surface area (Å²) in [5.41, 5.74) is 0. The maximum Gasteiger partial charge on any atom is 0.123 e. The lowest BCUT2D eigenvalue weighted by molar-refractivity contribution is -0.114. The molecule has 0 aromatic rings. The maximum atomic E-state index is 10.6. The van der Waals surface area contributed by atoms with Gasteiger partial charge in [-0.1, -0.05) is 13.8 Å². The van der Waals surface area contributed by atoms with Crippen LogP contribution in [0.1, 0.15) is 33.1 Å². The SMILES string of the molecule is CC(C)C1CC(O)CC(C=O)C1. The van der Waals surface area contributed by atoms with E-state index in [1.54, 1.807) is 0 Å². The number of aldehydes is 1. The highest BCUT2D eigenvalue weighted by Crippen LogP contribution is 2.32. The van der Waals surface area contributed by atoms with E-state index in [1.165, 1.54) is 0 Å². The standard InChI is InChI=1S/C10H18O2/c1-7(2)9-3-8(6-11)4-10(12)5-9/h6-10,12H,3-5H2,1-2H3. The topological polar surface area (TPSA) is 37.3 Å². The maximum absolute atomic E-state index is 10.6. The molecule has 1 N–H and O–H groups in total. The summed E-state index contributed by atoms with van der Waals surface area (Å²) in [5, 5.41) is 9.47. The van der Waals surface area contributed by atoms with Gasteiger partial charge in [0.05, 0.1) is 6.10 Å². The molecule has 3 unspecified atom stereocenters. The Bertz CT molecular complexity index is 154. The fourth-order valence-electron chi connectivity index (χ4n) is 2.03. The van der Waals surface area contributed by atoms with E-state index in [2.05, 4.69) is 13.8 Å². The molecule has 0 aromatic heterocycles. The molecule has 12 heavy (non-hydrogen) atoms. The number of carbonyl (C=O) groups is 1. The molecular formula is C10H18O2. The fraction of sp³-hybridized carbons (Fsp3) is 0.900. The van der Waals surface area contributed by atoms with Crippen molar-refractivity contribution >= 4 is 6.29 Å². The zero-order valence-corrected chi connectivity index (χ0v) is 7.86. The van der Waals surface area contributed by atoms with Crippen molar-refractivity contribution in [3.8, 4) is 0 Å². The second-order valence-electron chi connectivity index (χ2n) is 4.26. The summed E-state index contributed by atoms with van der Waals surface area (Å²) in [5.74, 6) is 1.22. The first-order chi connectivity index (χ1) is 5.63. The van der Waals surface area contributed by atoms with E-state index < -0.39 is 0 Å². The Morgan fingerprint density at radius 3 is 2.50 bits per heavy atom. The van der Waals surface area contributed by atoms with Gasteiger partial charge in [0.25, 0.3) is 0 Å². The Kier molecular flexibility index (Phi) is 3.27. The smallest absolute Gasteiger partial charge is 0.123 e. The van der Waals surface area contributed by atoms with E-state index in [0.29, 0.717) is 18.3 Å². The van der Waals surface area contributed by atoms with Gasteiger partial charge in [-0.25, -0.2) is 0 Å². The van der Waals surface area contributed by atoms with Crippen molar-refractivity contribution < 1.29 is 9.90 Å². The van der Waals surface area contributed by atoms with Gasteiger partial charge in [0.2, 0.25) is 0 Å². The molecule has 1 aliphatic rings. The second-order valence-corrected chi connectivity index (χ2v) is 4.26. The van der Waals surface area contributed by atoms with Gasteiger partial charge in [-0.3, -0.25) is 0 Å². The summed E-state index contributed by atoms with van der Waals surface area (Å²) in [4.78, 5) is 10.6. The van der Waals surface area contributed by atoms with Gasteiger partial charge in [0.15, 0.2) is 0 Å². The molecule has 2 heteroatoms. The lowest BCUT2D eigenvalue weighted by Gasteiger charge is -2.32. The molecule has 0 radical (unpaired) electrons. The Balaban J connectivity index is 2.50. The van der Waals surface area contributed by atoms with Gasteiger partial charge in [0.1, 0.15) is 6.29 Å². The third kappa shape index (κ3) is 2.31. The van der Waals surface area contributed by atoms with Gasteiger partial charge in [-0.2, -0.15) is 0 Å². The Hall–Kier alpha value is -0.370. The molecule has 1 saturated carbocycles. The lowest BCUT2D eigenvalue weighted by atomic mass is 9.75. The van der Waals surface area contributed by atoms with Crippen LogP contribution < -0.4 is 0 Å². The van der Waals surface area contributed by atoms with Crippen LogP contribution in [0.4, 0.5) is 0 Å². The van der Waals surface area contributed by atoms with Crippen molar-refractivity contribution in [2.75, 3.05) is 0 Å². The van der Waals surface area contributed by atoms with Crippen LogP contribution in [0.2, 0.25) is 0 Å². The summed E-state index contributed by atoms with van der Waals surface area (Å²) >= 11 is 0. The summed E-state index contributed by atoms with van der Waals surface area (Å²) in [6, 6.07) is 0. The number of hydrogen-bond donors (Lipinski definition) is 1. The average molecular weight is 170 g/mol. The molecular weight excluding hydrogens is 152 g/mol. The third-order valence-electron chi connectivity index (χ3n) is 2.89. The minimum atomic E-state index is -0.249. The third-order valence-corrected chi connectivity index (χ3v) is 2.89. The van der Waals surface area contributed by atoms with E-state index in [0.717, 1.165) is 19.1 Å². The zero-order valence-electron chi connectivity index (χ0n) is 7.86. The largest absolute Gasteiger partial charge is 0.393 e. The van der Waals surface area contributed by atoms with Crippen LogP contribution in [0.25, 0.3) is 0 Å². The van der Waals surface area contributed by atoms with Gasteiger partial charge in [-0.05, 0) is 31.1 Å². The highest BCUT2D eigenvalue weighted by Gasteiger charge is 2.28. The molecule has 70 valence electrons. The number of aliphatic hydroxyl groups is 1. The number of hydrogen-bond acceptors (Lipinski definition) is 2. The quantitative estimate of drug-likeness (QED) is 0.639. The van der Waals surface area contributed by atoms with Crippen molar-refractivity contribution in [2.45, 2.75) is 39.2 Å². The van der Waals surface area contributed by atoms with Crippen LogP contribution in [0.15, 0.2) is 0 Å². The highest BCUT2D eigenvalue weighted by molar-refractivity contribution is 5.53. The first-order valence-corrected chi connectivity index (χ1v) is 4.76. The van der Waals surface area contributed by atoms with Crippen molar-refractivity contribution in [3.05, 3.63) is 0 Å². The molecule has 3 atom stereocenters. The first-order valence-electron chi connectivity index (χ1n) is 4.76. The van der Waals surface area contributed by atoms with E-state index in [9.17, 15) is 9.90 Å². The Morgan fingerprint density at radius 2 is 2.00 bits per heavy atom. The van der Waals surface area contributed by atoms with E-state index in [4.69, 9.17) is 0 Å². The number of aliphatic hydroxyl groups excluding tert-OH is 1. The molecule has 0 aromatic carbocycles. The zero-order chi connectivity index (χ0) is 9.14. The molecule has 0 amide bonds. The van der Waals surface area contributed by atoms with Crippen LogP contribution in [-0.4, -0.2) is 17.5 Å². The van der Waals surface area contributed by atoms with E-state index in [1.807, 2.05) is 0 Å². The van der Waals surface area contributed by atoms with Crippen LogP contribution in [0.3, 0.4) is 0 Å². The Labute approximate surface area is 74.0 Å². The fourth-order valence-corrected chi connectivity index (χ4v) is 2.03. The molecule has 0 bridgehead atoms. The predicted molar refractivity (Wildman–Crippen MR) is 47.7 cm³/mol. The van der Waals surface area contributed by atoms with Gasteiger partial charge >= 0.3 is 0 Å². The summed E-state index contributed by atoms with van der Waals surface area (Å²) < 4.78 is 0. The van der Waals surface area contributed by atoms with Crippen LogP contribution >= 0.6 is 0 Å². The summed E-state index contributed by atoms with van der Waals surface area (Å²) in [7, 11) is 0. The number of carbonyl (C=O) groups excluding carboxylic acids is 1. The normalized spacial score (nSPS) is 36.8. The van der Waals surface area contributed by atoms with Crippen LogP contribution in [-0.2, 0) is 4.79 Å². The molecule has 0 saturated heterocycles. The highest BCUT2D eigenvalue weighted by atomic mass is 16.3. The minimum Gasteiger partial charge on any atom is -0.393 e. The second kappa shape index (κ2) is 4.04. The van der Waals surface area contributed by atoms with Crippen molar-refractivity contribution in [1.82, 2.24) is 0 Å². The van der Waals surface area contributed by atoms with Crippen LogP contribution in [0, 0.1) is 17.8 Å². The summed E-state index contributed by atoms with van der Waals surface area (Å²) in [6.07, 6.45) is 3.27. The monoisotopic (exact) mass is 170 g/mol. The molecule has 2 nitrogen and oxygen atoms in total. The van der Waals surface area contributed by atoms with Gasteiger partial charge in [-0.15, -0.1) is 0 Å². The molecule has 1 fully saturated rings. The number of rotatable bonds is 2. The molecule has 0 spiro atoms. The van der Waals surface area contributed by atoms with Gasteiger partial charge < -0.3 is 9.90 Å². The molecule has 1 rings (SSSR count).